The first-order chi connectivity index (χ1) is 15.9. The van der Waals surface area contributed by atoms with E-state index >= 15 is 0 Å². The number of para-hydroxylation sites is 1. The minimum atomic E-state index is -2.24. The van der Waals surface area contributed by atoms with Crippen LogP contribution in [0.4, 0.5) is 16.2 Å². The molecule has 0 saturated carbocycles. The number of rotatable bonds is 7. The first-order valence-corrected chi connectivity index (χ1v) is 10.9. The lowest BCUT2D eigenvalue weighted by atomic mass is 9.94. The first-order valence-electron chi connectivity index (χ1n) is 10.9. The number of hydrogen-bond acceptors (Lipinski definition) is 4. The standard InChI is InChI=1S/C26H27N3O4/c1-18(15-16-19-9-4-3-5-10-19)27-24(30)26(32)22-13-6-7-14-23(22)28-25(31)29(26)20-11-8-12-21(17-20)33-2/h3-14,17-18,32H,15-16H2,1-2H3,(H,27,30)(H,28,31)/t18-,26+/m0/s1. The molecule has 0 spiro atoms. The summed E-state index contributed by atoms with van der Waals surface area (Å²) in [6.07, 6.45) is 1.45. The van der Waals surface area contributed by atoms with E-state index in [4.69, 9.17) is 4.74 Å². The van der Waals surface area contributed by atoms with Gasteiger partial charge in [-0.1, -0.05) is 54.6 Å². The molecule has 3 aromatic rings. The van der Waals surface area contributed by atoms with E-state index < -0.39 is 17.7 Å². The van der Waals surface area contributed by atoms with Gasteiger partial charge in [0.25, 0.3) is 11.6 Å². The minimum Gasteiger partial charge on any atom is -0.497 e. The van der Waals surface area contributed by atoms with Gasteiger partial charge in [-0.25, -0.2) is 4.79 Å². The summed E-state index contributed by atoms with van der Waals surface area (Å²) in [5.74, 6) is -0.175. The maximum Gasteiger partial charge on any atom is 0.329 e. The van der Waals surface area contributed by atoms with Crippen molar-refractivity contribution in [2.45, 2.75) is 31.5 Å². The van der Waals surface area contributed by atoms with E-state index in [9.17, 15) is 14.7 Å². The summed E-state index contributed by atoms with van der Waals surface area (Å²) < 4.78 is 5.28. The van der Waals surface area contributed by atoms with Gasteiger partial charge in [0, 0.05) is 17.7 Å². The molecule has 0 bridgehead atoms. The maximum absolute atomic E-state index is 13.6. The van der Waals surface area contributed by atoms with Gasteiger partial charge in [-0.3, -0.25) is 9.69 Å². The van der Waals surface area contributed by atoms with Crippen molar-refractivity contribution in [3.05, 3.63) is 90.0 Å². The number of hydrogen-bond donors (Lipinski definition) is 3. The smallest absolute Gasteiger partial charge is 0.329 e. The predicted molar refractivity (Wildman–Crippen MR) is 127 cm³/mol. The van der Waals surface area contributed by atoms with Crippen molar-refractivity contribution < 1.29 is 19.4 Å². The third-order valence-corrected chi connectivity index (χ3v) is 5.79. The van der Waals surface area contributed by atoms with Gasteiger partial charge in [0.1, 0.15) is 5.75 Å². The Morgan fingerprint density at radius 3 is 2.58 bits per heavy atom. The molecule has 1 aliphatic heterocycles. The molecule has 7 nitrogen and oxygen atoms in total. The van der Waals surface area contributed by atoms with E-state index in [1.165, 1.54) is 7.11 Å². The second kappa shape index (κ2) is 9.34. The average Bonchev–Trinajstić information content (AvgIpc) is 2.83. The first kappa shape index (κ1) is 22.4. The van der Waals surface area contributed by atoms with E-state index in [1.807, 2.05) is 37.3 Å². The number of nitrogens with zero attached hydrogens (tertiary/aromatic N) is 1. The number of urea groups is 1. The van der Waals surface area contributed by atoms with E-state index in [-0.39, 0.29) is 6.04 Å². The maximum atomic E-state index is 13.6. The Morgan fingerprint density at radius 1 is 1.09 bits per heavy atom. The van der Waals surface area contributed by atoms with Crippen LogP contribution in [0.5, 0.6) is 5.75 Å². The van der Waals surface area contributed by atoms with Crippen molar-refractivity contribution in [1.29, 1.82) is 0 Å². The second-order valence-corrected chi connectivity index (χ2v) is 8.08. The summed E-state index contributed by atoms with van der Waals surface area (Å²) in [5.41, 5.74) is -0.0724. The molecule has 1 heterocycles. The lowest BCUT2D eigenvalue weighted by molar-refractivity contribution is -0.141. The van der Waals surface area contributed by atoms with Gasteiger partial charge in [-0.15, -0.1) is 0 Å². The van der Waals surface area contributed by atoms with Crippen molar-refractivity contribution in [1.82, 2.24) is 5.32 Å². The fourth-order valence-electron chi connectivity index (χ4n) is 4.04. The number of amides is 3. The van der Waals surface area contributed by atoms with Crippen LogP contribution in [0.25, 0.3) is 0 Å². The Balaban J connectivity index is 1.66. The van der Waals surface area contributed by atoms with Crippen LogP contribution in [-0.4, -0.2) is 30.2 Å². The number of carbonyl (C=O) groups is 2. The van der Waals surface area contributed by atoms with Crippen molar-refractivity contribution in [2.75, 3.05) is 17.3 Å². The molecule has 170 valence electrons. The molecule has 3 N–H and O–H groups in total. The zero-order valence-corrected chi connectivity index (χ0v) is 18.6. The normalized spacial score (nSPS) is 18.2. The Morgan fingerprint density at radius 2 is 1.82 bits per heavy atom. The predicted octanol–water partition coefficient (Wildman–Crippen LogP) is 4.03. The largest absolute Gasteiger partial charge is 0.497 e. The van der Waals surface area contributed by atoms with Crippen molar-refractivity contribution in [2.24, 2.45) is 0 Å². The Kier molecular flexibility index (Phi) is 6.33. The molecule has 0 fully saturated rings. The molecule has 0 aliphatic carbocycles. The Bertz CT molecular complexity index is 1150. The van der Waals surface area contributed by atoms with Gasteiger partial charge in [-0.2, -0.15) is 0 Å². The van der Waals surface area contributed by atoms with Crippen LogP contribution in [0.3, 0.4) is 0 Å². The number of benzene rings is 3. The van der Waals surface area contributed by atoms with Crippen LogP contribution >= 0.6 is 0 Å². The lowest BCUT2D eigenvalue weighted by Crippen LogP contribution is -2.63. The number of methoxy groups -OCH3 is 1. The molecule has 3 amide bonds. The Labute approximate surface area is 193 Å². The molecular weight excluding hydrogens is 418 g/mol. The van der Waals surface area contributed by atoms with Crippen molar-refractivity contribution in [3.63, 3.8) is 0 Å². The van der Waals surface area contributed by atoms with Crippen LogP contribution in [0.2, 0.25) is 0 Å². The summed E-state index contributed by atoms with van der Waals surface area (Å²) in [7, 11) is 1.51. The van der Waals surface area contributed by atoms with E-state index in [2.05, 4.69) is 10.6 Å². The van der Waals surface area contributed by atoms with Gasteiger partial charge >= 0.3 is 6.03 Å². The number of aliphatic hydroxyl groups is 1. The summed E-state index contributed by atoms with van der Waals surface area (Å²) in [5, 5.41) is 17.6. The zero-order chi connectivity index (χ0) is 23.4. The third kappa shape index (κ3) is 4.40. The molecule has 0 radical (unpaired) electrons. The lowest BCUT2D eigenvalue weighted by Gasteiger charge is -2.43. The topological polar surface area (TPSA) is 90.9 Å². The summed E-state index contributed by atoms with van der Waals surface area (Å²) >= 11 is 0. The number of carbonyl (C=O) groups excluding carboxylic acids is 2. The molecular formula is C26H27N3O4. The van der Waals surface area contributed by atoms with Crippen LogP contribution in [0.15, 0.2) is 78.9 Å². The number of aryl methyl sites for hydroxylation is 1. The fraction of sp³-hybridized carbons (Fsp3) is 0.231. The summed E-state index contributed by atoms with van der Waals surface area (Å²) in [6, 6.07) is 22.6. The number of anilines is 2. The third-order valence-electron chi connectivity index (χ3n) is 5.79. The number of ether oxygens (including phenoxy) is 1. The van der Waals surface area contributed by atoms with E-state index in [0.29, 0.717) is 29.1 Å². The fourth-order valence-corrected chi connectivity index (χ4v) is 4.04. The monoisotopic (exact) mass is 445 g/mol. The average molecular weight is 446 g/mol. The molecule has 33 heavy (non-hydrogen) atoms. The summed E-state index contributed by atoms with van der Waals surface area (Å²) in [6.45, 7) is 1.88. The van der Waals surface area contributed by atoms with Crippen LogP contribution in [-0.2, 0) is 16.9 Å². The highest BCUT2D eigenvalue weighted by molar-refractivity contribution is 6.11. The van der Waals surface area contributed by atoms with Gasteiger partial charge in [0.05, 0.1) is 18.5 Å². The van der Waals surface area contributed by atoms with Gasteiger partial charge in [-0.05, 0) is 43.5 Å². The highest BCUT2D eigenvalue weighted by atomic mass is 16.5. The van der Waals surface area contributed by atoms with Crippen LogP contribution in [0.1, 0.15) is 24.5 Å². The quantitative estimate of drug-likeness (QED) is 0.512. The SMILES string of the molecule is COc1cccc(N2C(=O)Nc3ccccc3[C@@]2(O)C(=O)N[C@@H](C)CCc2ccccc2)c1. The van der Waals surface area contributed by atoms with Gasteiger partial charge < -0.3 is 20.5 Å². The van der Waals surface area contributed by atoms with Gasteiger partial charge in [0.15, 0.2) is 0 Å². The highest BCUT2D eigenvalue weighted by Gasteiger charge is 2.52. The molecule has 7 heteroatoms. The number of nitrogens with one attached hydrogen (secondary N) is 2. The summed E-state index contributed by atoms with van der Waals surface area (Å²) in [4.78, 5) is 27.7. The van der Waals surface area contributed by atoms with Crippen LogP contribution in [0, 0.1) is 0 Å². The van der Waals surface area contributed by atoms with E-state index in [1.54, 1.807) is 48.5 Å². The Hall–Kier alpha value is -3.84. The molecule has 1 aliphatic rings. The van der Waals surface area contributed by atoms with Crippen LogP contribution < -0.4 is 20.3 Å². The molecule has 0 saturated heterocycles. The molecule has 4 rings (SSSR count). The molecule has 2 atom stereocenters. The van der Waals surface area contributed by atoms with Crippen molar-refractivity contribution in [3.8, 4) is 5.75 Å². The minimum absolute atomic E-state index is 0.231. The molecule has 0 unspecified atom stereocenters. The van der Waals surface area contributed by atoms with Gasteiger partial charge in [0.2, 0.25) is 0 Å². The number of fused-ring (bicyclic) bond motifs is 1. The van der Waals surface area contributed by atoms with Crippen molar-refractivity contribution >= 4 is 23.3 Å². The molecule has 0 aromatic heterocycles. The van der Waals surface area contributed by atoms with E-state index in [0.717, 1.165) is 16.9 Å². The second-order valence-electron chi connectivity index (χ2n) is 8.08. The highest BCUT2D eigenvalue weighted by Crippen LogP contribution is 2.40. The zero-order valence-electron chi connectivity index (χ0n) is 18.6. The molecule has 3 aromatic carbocycles.